The molecule has 1 heterocycles. The molecule has 0 radical (unpaired) electrons. The zero-order valence-corrected chi connectivity index (χ0v) is 24.1. The smallest absolute Gasteiger partial charge is 0.216 e. The first kappa shape index (κ1) is 27.1. The van der Waals surface area contributed by atoms with Crippen LogP contribution in [0.5, 0.6) is 0 Å². The van der Waals surface area contributed by atoms with Crippen LogP contribution in [-0.4, -0.2) is 23.6 Å². The molecule has 5 aromatic carbocycles. The maximum Gasteiger partial charge on any atom is 0.216 e. The predicted molar refractivity (Wildman–Crippen MR) is 170 cm³/mol. The van der Waals surface area contributed by atoms with Crippen LogP contribution in [0, 0.1) is 0 Å². The molecule has 3 nitrogen and oxygen atoms in total. The van der Waals surface area contributed by atoms with Gasteiger partial charge in [0.25, 0.3) is 0 Å². The van der Waals surface area contributed by atoms with E-state index in [2.05, 4.69) is 140 Å². The molecular weight excluding hydrogens is 521 g/mol. The van der Waals surface area contributed by atoms with E-state index in [0.717, 1.165) is 5.56 Å². The molecule has 0 saturated carbocycles. The van der Waals surface area contributed by atoms with Gasteiger partial charge in [-0.25, -0.2) is 4.99 Å². The molecule has 0 bridgehead atoms. The molecule has 41 heavy (non-hydrogen) atoms. The van der Waals surface area contributed by atoms with Gasteiger partial charge in [0.05, 0.1) is 8.15 Å². The zero-order valence-electron chi connectivity index (χ0n) is 23.2. The molecule has 2 atom stereocenters. The molecule has 0 aromatic heterocycles. The Morgan fingerprint density at radius 2 is 1.02 bits per heavy atom. The van der Waals surface area contributed by atoms with E-state index in [-0.39, 0.29) is 12.1 Å². The van der Waals surface area contributed by atoms with E-state index in [1.807, 2.05) is 18.2 Å². The quantitative estimate of drug-likeness (QED) is 0.167. The zero-order chi connectivity index (χ0) is 27.9. The highest BCUT2D eigenvalue weighted by molar-refractivity contribution is 7.68. The van der Waals surface area contributed by atoms with Gasteiger partial charge in [0.1, 0.15) is 17.7 Å². The first-order valence-electron chi connectivity index (χ1n) is 14.2. The second-order valence-corrected chi connectivity index (χ2v) is 12.3. The average molecular weight is 556 g/mol. The lowest BCUT2D eigenvalue weighted by atomic mass is 9.80. The Balaban J connectivity index is 1.52. The van der Waals surface area contributed by atoms with Gasteiger partial charge in [-0.1, -0.05) is 140 Å². The number of rotatable bonds is 10. The minimum Gasteiger partial charge on any atom is -0.472 e. The largest absolute Gasteiger partial charge is 0.472 e. The first-order valence-corrected chi connectivity index (χ1v) is 15.4. The van der Waals surface area contributed by atoms with Crippen molar-refractivity contribution in [2.24, 2.45) is 4.99 Å². The summed E-state index contributed by atoms with van der Waals surface area (Å²) in [5.41, 5.74) is 2.74. The molecule has 0 fully saturated rings. The molecule has 5 aromatic rings. The Labute approximate surface area is 244 Å². The fraction of sp³-hybridized carbons (Fsp3) is 0.162. The van der Waals surface area contributed by atoms with Gasteiger partial charge in [0.15, 0.2) is 0 Å². The van der Waals surface area contributed by atoms with Crippen LogP contribution >= 0.6 is 8.15 Å². The van der Waals surface area contributed by atoms with Crippen LogP contribution in [0.4, 0.5) is 0 Å². The third-order valence-electron chi connectivity index (χ3n) is 7.51. The van der Waals surface area contributed by atoms with Crippen LogP contribution < -0.4 is 10.6 Å². The number of benzene rings is 5. The van der Waals surface area contributed by atoms with E-state index in [1.165, 1.54) is 21.7 Å². The van der Waals surface area contributed by atoms with Crippen LogP contribution in [0.25, 0.3) is 0 Å². The molecule has 204 valence electrons. The van der Waals surface area contributed by atoms with E-state index >= 15 is 0 Å². The normalized spacial score (nSPS) is 16.8. The minimum absolute atomic E-state index is 0.166. The fourth-order valence-electron chi connectivity index (χ4n) is 5.61. The van der Waals surface area contributed by atoms with Gasteiger partial charge in [-0.15, -0.1) is 0 Å². The van der Waals surface area contributed by atoms with Gasteiger partial charge in [-0.2, -0.15) is 0 Å². The second-order valence-electron chi connectivity index (χ2n) is 10.5. The van der Waals surface area contributed by atoms with Crippen molar-refractivity contribution in [2.45, 2.75) is 37.5 Å². The third-order valence-corrected chi connectivity index (χ3v) is 9.59. The minimum atomic E-state index is -1.16. The van der Waals surface area contributed by atoms with Gasteiger partial charge >= 0.3 is 0 Å². The van der Waals surface area contributed by atoms with E-state index in [0.29, 0.717) is 18.7 Å². The molecule has 0 aliphatic carbocycles. The highest BCUT2D eigenvalue weighted by atomic mass is 31.1. The van der Waals surface area contributed by atoms with Crippen molar-refractivity contribution in [3.63, 3.8) is 0 Å². The van der Waals surface area contributed by atoms with Crippen molar-refractivity contribution >= 4 is 24.7 Å². The second kappa shape index (κ2) is 12.6. The maximum atomic E-state index is 7.63. The summed E-state index contributed by atoms with van der Waals surface area (Å²) < 4.78 is 14.1. The summed E-state index contributed by atoms with van der Waals surface area (Å²) >= 11 is 0. The van der Waals surface area contributed by atoms with Crippen molar-refractivity contribution < 1.29 is 9.26 Å². The van der Waals surface area contributed by atoms with Crippen LogP contribution in [0.3, 0.4) is 0 Å². The van der Waals surface area contributed by atoms with Gasteiger partial charge < -0.3 is 9.26 Å². The van der Waals surface area contributed by atoms with Crippen molar-refractivity contribution in [1.82, 2.24) is 0 Å². The standard InChI is InChI=1S/C37H34NO2P/c1-29-35(38-36(39-29)32-21-11-4-12-22-32)37(27-30-17-7-2-8-18-30,28-31-19-9-3-10-20-31)40-41(33-23-13-5-14-24-33)34-25-15-6-16-26-34/h2-26,29,35H,27-28H2,1H3. The van der Waals surface area contributed by atoms with Crippen molar-refractivity contribution in [3.8, 4) is 0 Å². The fourth-order valence-corrected chi connectivity index (χ4v) is 7.60. The van der Waals surface area contributed by atoms with Gasteiger partial charge in [-0.05, 0) is 30.2 Å². The molecule has 0 N–H and O–H groups in total. The predicted octanol–water partition coefficient (Wildman–Crippen LogP) is 7.51. The Morgan fingerprint density at radius 1 is 0.610 bits per heavy atom. The molecule has 0 saturated heterocycles. The van der Waals surface area contributed by atoms with E-state index in [1.54, 1.807) is 0 Å². The van der Waals surface area contributed by atoms with E-state index in [9.17, 15) is 0 Å². The third kappa shape index (κ3) is 6.33. The van der Waals surface area contributed by atoms with E-state index in [4.69, 9.17) is 14.3 Å². The summed E-state index contributed by atoms with van der Waals surface area (Å²) in [6.07, 6.45) is 1.23. The van der Waals surface area contributed by atoms with Gasteiger partial charge in [0.2, 0.25) is 5.90 Å². The summed E-state index contributed by atoms with van der Waals surface area (Å²) in [4.78, 5) is 5.32. The monoisotopic (exact) mass is 555 g/mol. The van der Waals surface area contributed by atoms with Crippen LogP contribution in [0.1, 0.15) is 23.6 Å². The summed E-state index contributed by atoms with van der Waals surface area (Å²) in [5.74, 6) is 0.681. The number of ether oxygens (including phenoxy) is 1. The first-order chi connectivity index (χ1) is 20.2. The average Bonchev–Trinajstić information content (AvgIpc) is 3.44. The maximum absolute atomic E-state index is 7.63. The molecule has 2 unspecified atom stereocenters. The Bertz CT molecular complexity index is 1460. The van der Waals surface area contributed by atoms with Crippen molar-refractivity contribution in [2.75, 3.05) is 0 Å². The topological polar surface area (TPSA) is 30.8 Å². The SMILES string of the molecule is CC1OC(c2ccccc2)=NC1C(Cc1ccccc1)(Cc1ccccc1)OP(c1ccccc1)c1ccccc1. The molecule has 4 heteroatoms. The Kier molecular flexibility index (Phi) is 8.37. The van der Waals surface area contributed by atoms with E-state index < -0.39 is 13.7 Å². The number of hydrogen-bond donors (Lipinski definition) is 0. The van der Waals surface area contributed by atoms with Crippen LogP contribution in [-0.2, 0) is 22.1 Å². The van der Waals surface area contributed by atoms with Gasteiger partial charge in [-0.3, -0.25) is 0 Å². The Hall–Kier alpha value is -4.04. The van der Waals surface area contributed by atoms with Crippen molar-refractivity contribution in [1.29, 1.82) is 0 Å². The Morgan fingerprint density at radius 3 is 1.49 bits per heavy atom. The number of aliphatic imine (C=N–C) groups is 1. The lowest BCUT2D eigenvalue weighted by molar-refractivity contribution is 0.0249. The lowest BCUT2D eigenvalue weighted by Crippen LogP contribution is -2.51. The molecule has 6 rings (SSSR count). The summed E-state index contributed by atoms with van der Waals surface area (Å²) in [6.45, 7) is 2.13. The lowest BCUT2D eigenvalue weighted by Gasteiger charge is -2.41. The molecular formula is C37H34NO2P. The van der Waals surface area contributed by atoms with Crippen LogP contribution in [0.2, 0.25) is 0 Å². The molecule has 0 spiro atoms. The summed E-state index contributed by atoms with van der Waals surface area (Å²) in [7, 11) is -1.16. The molecule has 1 aliphatic rings. The number of hydrogen-bond acceptors (Lipinski definition) is 3. The highest BCUT2D eigenvalue weighted by Gasteiger charge is 2.49. The summed E-state index contributed by atoms with van der Waals surface area (Å²) in [5, 5.41) is 2.36. The summed E-state index contributed by atoms with van der Waals surface area (Å²) in [6, 6.07) is 52.5. The number of nitrogens with zero attached hydrogens (tertiary/aromatic N) is 1. The van der Waals surface area contributed by atoms with Gasteiger partial charge in [0, 0.05) is 29.0 Å². The van der Waals surface area contributed by atoms with Crippen molar-refractivity contribution in [3.05, 3.63) is 168 Å². The van der Waals surface area contributed by atoms with Crippen LogP contribution in [0.15, 0.2) is 157 Å². The molecule has 0 amide bonds. The molecule has 1 aliphatic heterocycles. The highest BCUT2D eigenvalue weighted by Crippen LogP contribution is 2.46.